The van der Waals surface area contributed by atoms with Crippen molar-refractivity contribution < 1.29 is 0 Å². The Morgan fingerprint density at radius 3 is 2.83 bits per heavy atom. The molecule has 0 saturated heterocycles. The number of thiophene rings is 1. The fourth-order valence-corrected chi connectivity index (χ4v) is 3.74. The lowest BCUT2D eigenvalue weighted by Gasteiger charge is -2.24. The van der Waals surface area contributed by atoms with E-state index in [0.717, 1.165) is 6.54 Å². The third-order valence-electron chi connectivity index (χ3n) is 4.32. The zero-order valence-electron chi connectivity index (χ0n) is 11.2. The second-order valence-corrected chi connectivity index (χ2v) is 6.64. The Kier molecular flexibility index (Phi) is 3.16. The van der Waals surface area contributed by atoms with Gasteiger partial charge >= 0.3 is 0 Å². The molecule has 0 spiro atoms. The molecule has 2 heteroatoms. The molecule has 1 aromatic heterocycles. The zero-order chi connectivity index (χ0) is 12.6. The van der Waals surface area contributed by atoms with Gasteiger partial charge in [0.2, 0.25) is 0 Å². The Bertz CT molecular complexity index is 539. The molecule has 96 valence electrons. The predicted molar refractivity (Wildman–Crippen MR) is 80.3 cm³/mol. The highest BCUT2D eigenvalue weighted by molar-refractivity contribution is 7.17. The van der Waals surface area contributed by atoms with Crippen molar-refractivity contribution in [2.24, 2.45) is 5.41 Å². The third kappa shape index (κ3) is 2.19. The van der Waals surface area contributed by atoms with Gasteiger partial charge in [-0.25, -0.2) is 0 Å². The van der Waals surface area contributed by atoms with Gasteiger partial charge in [0.1, 0.15) is 0 Å². The monoisotopic (exact) mass is 259 g/mol. The molecule has 1 atom stereocenters. The maximum atomic E-state index is 3.69. The van der Waals surface area contributed by atoms with Crippen LogP contribution >= 0.6 is 11.3 Å². The number of hydrogen-bond acceptors (Lipinski definition) is 2. The number of nitrogens with one attached hydrogen (secondary N) is 1. The summed E-state index contributed by atoms with van der Waals surface area (Å²) < 4.78 is 1.42. The minimum atomic E-state index is 0.541. The van der Waals surface area contributed by atoms with Crippen LogP contribution < -0.4 is 5.32 Å². The molecule has 1 aliphatic rings. The van der Waals surface area contributed by atoms with Crippen LogP contribution in [0.25, 0.3) is 10.1 Å². The molecule has 18 heavy (non-hydrogen) atoms. The van der Waals surface area contributed by atoms with E-state index in [0.29, 0.717) is 11.5 Å². The molecule has 1 heterocycles. The summed E-state index contributed by atoms with van der Waals surface area (Å²) in [6.07, 6.45) is 3.94. The largest absolute Gasteiger partial charge is 0.313 e. The summed E-state index contributed by atoms with van der Waals surface area (Å²) in [7, 11) is 0. The van der Waals surface area contributed by atoms with E-state index in [2.05, 4.69) is 48.8 Å². The van der Waals surface area contributed by atoms with Gasteiger partial charge in [-0.3, -0.25) is 0 Å². The van der Waals surface area contributed by atoms with E-state index in [1.165, 1.54) is 34.9 Å². The van der Waals surface area contributed by atoms with Crippen LogP contribution in [0.4, 0.5) is 0 Å². The zero-order valence-corrected chi connectivity index (χ0v) is 12.0. The quantitative estimate of drug-likeness (QED) is 0.847. The van der Waals surface area contributed by atoms with Gasteiger partial charge in [-0.05, 0) is 53.6 Å². The summed E-state index contributed by atoms with van der Waals surface area (Å²) in [5.74, 6) is 0. The minimum absolute atomic E-state index is 0.541. The summed E-state index contributed by atoms with van der Waals surface area (Å²) in [5.41, 5.74) is 2.06. The van der Waals surface area contributed by atoms with Gasteiger partial charge in [-0.2, -0.15) is 0 Å². The van der Waals surface area contributed by atoms with Crippen molar-refractivity contribution in [2.75, 3.05) is 6.54 Å². The molecule has 3 rings (SSSR count). The van der Waals surface area contributed by atoms with Crippen LogP contribution in [0.1, 0.15) is 32.3 Å². The van der Waals surface area contributed by atoms with Crippen molar-refractivity contribution in [1.29, 1.82) is 0 Å². The average Bonchev–Trinajstić information content (AvgIpc) is 3.01. The van der Waals surface area contributed by atoms with E-state index in [4.69, 9.17) is 0 Å². The van der Waals surface area contributed by atoms with Crippen molar-refractivity contribution in [3.05, 3.63) is 35.2 Å². The first-order chi connectivity index (χ1) is 8.73. The first-order valence-corrected chi connectivity index (χ1v) is 7.79. The van der Waals surface area contributed by atoms with Gasteiger partial charge < -0.3 is 5.32 Å². The molecule has 1 unspecified atom stereocenters. The molecule has 1 saturated carbocycles. The second-order valence-electron chi connectivity index (χ2n) is 5.73. The first kappa shape index (κ1) is 12.2. The summed E-state index contributed by atoms with van der Waals surface area (Å²) >= 11 is 1.88. The average molecular weight is 259 g/mol. The van der Waals surface area contributed by atoms with E-state index in [-0.39, 0.29) is 0 Å². The van der Waals surface area contributed by atoms with Gasteiger partial charge in [0.05, 0.1) is 0 Å². The van der Waals surface area contributed by atoms with Crippen LogP contribution in [-0.2, 0) is 6.42 Å². The third-order valence-corrected chi connectivity index (χ3v) is 5.33. The highest BCUT2D eigenvalue weighted by Gasteiger charge is 2.44. The topological polar surface area (TPSA) is 12.0 Å². The Morgan fingerprint density at radius 1 is 1.33 bits per heavy atom. The van der Waals surface area contributed by atoms with Gasteiger partial charge in [0.15, 0.2) is 0 Å². The lowest BCUT2D eigenvalue weighted by molar-refractivity contribution is 0.361. The highest BCUT2D eigenvalue weighted by Crippen LogP contribution is 2.49. The van der Waals surface area contributed by atoms with Crippen LogP contribution in [0.15, 0.2) is 29.6 Å². The van der Waals surface area contributed by atoms with Crippen molar-refractivity contribution in [3.63, 3.8) is 0 Å². The highest BCUT2D eigenvalue weighted by atomic mass is 32.1. The Morgan fingerprint density at radius 2 is 2.11 bits per heavy atom. The van der Waals surface area contributed by atoms with Crippen molar-refractivity contribution in [1.82, 2.24) is 5.32 Å². The molecule has 1 nitrogen and oxygen atoms in total. The number of fused-ring (bicyclic) bond motifs is 1. The van der Waals surface area contributed by atoms with Crippen molar-refractivity contribution in [3.8, 4) is 0 Å². The summed E-state index contributed by atoms with van der Waals surface area (Å²) in [5, 5.41) is 7.49. The molecule has 2 aromatic rings. The van der Waals surface area contributed by atoms with Crippen molar-refractivity contribution >= 4 is 21.4 Å². The SMILES string of the molecule is CCNC(Cc1csc2ccccc12)C1(C)CC1. The maximum absolute atomic E-state index is 3.69. The smallest absolute Gasteiger partial charge is 0.0345 e. The normalized spacial score (nSPS) is 19.0. The number of benzene rings is 1. The van der Waals surface area contributed by atoms with Gasteiger partial charge in [-0.15, -0.1) is 11.3 Å². The Balaban J connectivity index is 1.86. The number of rotatable bonds is 5. The Hall–Kier alpha value is -0.860. The lowest BCUT2D eigenvalue weighted by Crippen LogP contribution is -2.37. The molecule has 1 aromatic carbocycles. The number of likely N-dealkylation sites (N-methyl/N-ethyl adjacent to an activating group) is 1. The molecule has 1 aliphatic carbocycles. The molecule has 1 fully saturated rings. The second kappa shape index (κ2) is 4.67. The summed E-state index contributed by atoms with van der Waals surface area (Å²) in [6.45, 7) is 5.71. The van der Waals surface area contributed by atoms with Crippen LogP contribution in [0.3, 0.4) is 0 Å². The molecule has 0 amide bonds. The fourth-order valence-electron chi connectivity index (χ4n) is 2.77. The van der Waals surface area contributed by atoms with Crippen LogP contribution in [0, 0.1) is 5.41 Å². The molecule has 0 radical (unpaired) electrons. The summed E-state index contributed by atoms with van der Waals surface area (Å²) in [4.78, 5) is 0. The molecule has 1 N–H and O–H groups in total. The molecular weight excluding hydrogens is 238 g/mol. The maximum Gasteiger partial charge on any atom is 0.0345 e. The van der Waals surface area contributed by atoms with E-state index in [1.807, 2.05) is 11.3 Å². The van der Waals surface area contributed by atoms with Gasteiger partial charge in [0.25, 0.3) is 0 Å². The summed E-state index contributed by atoms with van der Waals surface area (Å²) in [6, 6.07) is 9.41. The van der Waals surface area contributed by atoms with E-state index >= 15 is 0 Å². The lowest BCUT2D eigenvalue weighted by atomic mass is 9.92. The van der Waals surface area contributed by atoms with E-state index < -0.39 is 0 Å². The minimum Gasteiger partial charge on any atom is -0.313 e. The first-order valence-electron chi connectivity index (χ1n) is 6.91. The molecule has 0 aliphatic heterocycles. The standard InChI is InChI=1S/C16H21NS/c1-3-17-15(16(2)8-9-16)10-12-11-18-14-7-5-4-6-13(12)14/h4-7,11,15,17H,3,8-10H2,1-2H3. The molecular formula is C16H21NS. The fraction of sp³-hybridized carbons (Fsp3) is 0.500. The Labute approximate surface area is 113 Å². The molecule has 0 bridgehead atoms. The van der Waals surface area contributed by atoms with Crippen LogP contribution in [-0.4, -0.2) is 12.6 Å². The predicted octanol–water partition coefficient (Wildman–Crippen LogP) is 4.22. The van der Waals surface area contributed by atoms with E-state index in [9.17, 15) is 0 Å². The van der Waals surface area contributed by atoms with Gasteiger partial charge in [-0.1, -0.05) is 32.0 Å². The van der Waals surface area contributed by atoms with Gasteiger partial charge in [0, 0.05) is 10.7 Å². The van der Waals surface area contributed by atoms with Crippen LogP contribution in [0.5, 0.6) is 0 Å². The number of hydrogen-bond donors (Lipinski definition) is 1. The van der Waals surface area contributed by atoms with Crippen LogP contribution in [0.2, 0.25) is 0 Å². The van der Waals surface area contributed by atoms with E-state index in [1.54, 1.807) is 0 Å². The van der Waals surface area contributed by atoms with Crippen molar-refractivity contribution in [2.45, 2.75) is 39.2 Å².